The average molecular weight is 432 g/mol. The molecule has 0 atom stereocenters. The number of nitrogens with one attached hydrogen (secondary N) is 2. The Balaban J connectivity index is 1.54. The van der Waals surface area contributed by atoms with Crippen LogP contribution in [0.3, 0.4) is 0 Å². The highest BCUT2D eigenvalue weighted by molar-refractivity contribution is 5.84. The molecule has 0 saturated heterocycles. The fourth-order valence-corrected chi connectivity index (χ4v) is 2.98. The van der Waals surface area contributed by atoms with Crippen molar-refractivity contribution in [3.05, 3.63) is 89.0 Å². The minimum absolute atomic E-state index is 0.135. The number of rotatable bonds is 10. The van der Waals surface area contributed by atoms with E-state index in [1.165, 1.54) is 11.1 Å². The van der Waals surface area contributed by atoms with E-state index in [1.54, 1.807) is 6.21 Å². The van der Waals surface area contributed by atoms with Crippen LogP contribution < -0.4 is 20.2 Å². The van der Waals surface area contributed by atoms with E-state index >= 15 is 0 Å². The predicted octanol–water partition coefficient (Wildman–Crippen LogP) is 4.84. The first-order valence-corrected chi connectivity index (χ1v) is 10.6. The Hall–Kier alpha value is -3.80. The van der Waals surface area contributed by atoms with Crippen molar-refractivity contribution in [3.8, 4) is 11.5 Å². The standard InChI is InChI=1S/C26H29N3O3/c1-4-31-25-15-22(11-13-24(25)32-18-21-8-6-5-7-9-21)16-28-29-26(30)17-27-23-12-10-19(2)20(3)14-23/h5-16,27H,4,17-18H2,1-3H3,(H,29,30)/b28-16-. The lowest BCUT2D eigenvalue weighted by atomic mass is 10.1. The maximum absolute atomic E-state index is 12.1. The Morgan fingerprint density at radius 3 is 2.50 bits per heavy atom. The minimum atomic E-state index is -0.229. The van der Waals surface area contributed by atoms with Crippen molar-refractivity contribution in [1.29, 1.82) is 0 Å². The molecule has 3 aromatic rings. The molecule has 0 bridgehead atoms. The van der Waals surface area contributed by atoms with Crippen LogP contribution in [0, 0.1) is 13.8 Å². The van der Waals surface area contributed by atoms with Crippen molar-refractivity contribution in [2.45, 2.75) is 27.4 Å². The Bertz CT molecular complexity index is 1070. The molecule has 0 radical (unpaired) electrons. The van der Waals surface area contributed by atoms with Gasteiger partial charge in [0.25, 0.3) is 5.91 Å². The van der Waals surface area contributed by atoms with Crippen LogP contribution in [0.4, 0.5) is 5.69 Å². The van der Waals surface area contributed by atoms with Crippen molar-refractivity contribution in [1.82, 2.24) is 5.43 Å². The fourth-order valence-electron chi connectivity index (χ4n) is 2.98. The molecule has 0 spiro atoms. The number of ether oxygens (including phenoxy) is 2. The van der Waals surface area contributed by atoms with Crippen molar-refractivity contribution in [2.24, 2.45) is 5.10 Å². The van der Waals surface area contributed by atoms with E-state index in [-0.39, 0.29) is 12.5 Å². The summed E-state index contributed by atoms with van der Waals surface area (Å²) in [4.78, 5) is 12.1. The topological polar surface area (TPSA) is 72.0 Å². The smallest absolute Gasteiger partial charge is 0.259 e. The molecule has 0 aliphatic heterocycles. The molecule has 0 heterocycles. The first-order valence-electron chi connectivity index (χ1n) is 10.6. The quantitative estimate of drug-likeness (QED) is 0.356. The number of nitrogens with zero attached hydrogens (tertiary/aromatic N) is 1. The number of anilines is 1. The molecule has 2 N–H and O–H groups in total. The maximum Gasteiger partial charge on any atom is 0.259 e. The molecule has 6 nitrogen and oxygen atoms in total. The van der Waals surface area contributed by atoms with E-state index in [4.69, 9.17) is 9.47 Å². The van der Waals surface area contributed by atoms with Gasteiger partial charge < -0.3 is 14.8 Å². The molecule has 32 heavy (non-hydrogen) atoms. The van der Waals surface area contributed by atoms with Gasteiger partial charge in [0.2, 0.25) is 0 Å². The normalized spacial score (nSPS) is 10.7. The molecular weight excluding hydrogens is 402 g/mol. The van der Waals surface area contributed by atoms with Crippen LogP contribution in [0.25, 0.3) is 0 Å². The summed E-state index contributed by atoms with van der Waals surface area (Å²) in [5, 5.41) is 7.15. The van der Waals surface area contributed by atoms with Crippen LogP contribution in [-0.2, 0) is 11.4 Å². The monoisotopic (exact) mass is 431 g/mol. The molecule has 0 aromatic heterocycles. The lowest BCUT2D eigenvalue weighted by molar-refractivity contribution is -0.119. The SMILES string of the molecule is CCOc1cc(/C=N\NC(=O)CNc2ccc(C)c(C)c2)ccc1OCc1ccccc1. The number of hydrogen-bond donors (Lipinski definition) is 2. The number of hydrazone groups is 1. The van der Waals surface area contributed by atoms with Crippen LogP contribution in [0.2, 0.25) is 0 Å². The van der Waals surface area contributed by atoms with Gasteiger partial charge >= 0.3 is 0 Å². The summed E-state index contributed by atoms with van der Waals surface area (Å²) in [5.74, 6) is 1.07. The van der Waals surface area contributed by atoms with Gasteiger partial charge in [-0.1, -0.05) is 36.4 Å². The summed E-state index contributed by atoms with van der Waals surface area (Å²) < 4.78 is 11.6. The Morgan fingerprint density at radius 1 is 0.938 bits per heavy atom. The fraction of sp³-hybridized carbons (Fsp3) is 0.231. The van der Waals surface area contributed by atoms with Gasteiger partial charge in [-0.3, -0.25) is 4.79 Å². The predicted molar refractivity (Wildman–Crippen MR) is 129 cm³/mol. The summed E-state index contributed by atoms with van der Waals surface area (Å²) in [7, 11) is 0. The van der Waals surface area contributed by atoms with E-state index in [2.05, 4.69) is 22.8 Å². The summed E-state index contributed by atoms with van der Waals surface area (Å²) in [6, 6.07) is 21.5. The Kier molecular flexibility index (Phi) is 8.26. The number of carbonyl (C=O) groups excluding carboxylic acids is 1. The van der Waals surface area contributed by atoms with Gasteiger partial charge in [0.1, 0.15) is 6.61 Å². The molecule has 3 rings (SSSR count). The molecule has 0 saturated carbocycles. The largest absolute Gasteiger partial charge is 0.490 e. The Labute approximate surface area is 189 Å². The van der Waals surface area contributed by atoms with Crippen LogP contribution in [-0.4, -0.2) is 25.3 Å². The van der Waals surface area contributed by atoms with Crippen LogP contribution in [0.15, 0.2) is 71.8 Å². The Morgan fingerprint density at radius 2 is 1.75 bits per heavy atom. The van der Waals surface area contributed by atoms with Crippen LogP contribution in [0.5, 0.6) is 11.5 Å². The number of hydrogen-bond acceptors (Lipinski definition) is 5. The van der Waals surface area contributed by atoms with Crippen LogP contribution in [0.1, 0.15) is 29.2 Å². The van der Waals surface area contributed by atoms with Gasteiger partial charge in [-0.2, -0.15) is 5.10 Å². The summed E-state index contributed by atoms with van der Waals surface area (Å²) in [6.07, 6.45) is 1.58. The van der Waals surface area contributed by atoms with Crippen molar-refractivity contribution in [2.75, 3.05) is 18.5 Å². The molecule has 0 aliphatic carbocycles. The summed E-state index contributed by atoms with van der Waals surface area (Å²) in [6.45, 7) is 7.13. The highest BCUT2D eigenvalue weighted by Gasteiger charge is 2.07. The van der Waals surface area contributed by atoms with E-state index in [0.29, 0.717) is 24.7 Å². The lowest BCUT2D eigenvalue weighted by Crippen LogP contribution is -2.25. The number of benzene rings is 3. The van der Waals surface area contributed by atoms with Crippen LogP contribution >= 0.6 is 0 Å². The van der Waals surface area contributed by atoms with Gasteiger partial charge in [-0.15, -0.1) is 0 Å². The molecule has 6 heteroatoms. The lowest BCUT2D eigenvalue weighted by Gasteiger charge is -2.12. The van der Waals surface area contributed by atoms with E-state index in [0.717, 1.165) is 16.8 Å². The van der Waals surface area contributed by atoms with Crippen molar-refractivity contribution < 1.29 is 14.3 Å². The molecule has 3 aromatic carbocycles. The molecule has 0 unspecified atom stereocenters. The minimum Gasteiger partial charge on any atom is -0.490 e. The van der Waals surface area contributed by atoms with Crippen molar-refractivity contribution >= 4 is 17.8 Å². The second kappa shape index (κ2) is 11.6. The second-order valence-corrected chi connectivity index (χ2v) is 7.36. The highest BCUT2D eigenvalue weighted by Crippen LogP contribution is 2.28. The van der Waals surface area contributed by atoms with Gasteiger partial charge in [0.15, 0.2) is 11.5 Å². The number of carbonyl (C=O) groups is 1. The summed E-state index contributed by atoms with van der Waals surface area (Å²) >= 11 is 0. The van der Waals surface area contributed by atoms with E-state index in [9.17, 15) is 4.79 Å². The van der Waals surface area contributed by atoms with Gasteiger partial charge in [0, 0.05) is 5.69 Å². The zero-order valence-corrected chi connectivity index (χ0v) is 18.7. The molecule has 0 fully saturated rings. The molecule has 0 aliphatic rings. The van der Waals surface area contributed by atoms with E-state index in [1.807, 2.05) is 80.6 Å². The first kappa shape index (κ1) is 22.9. The average Bonchev–Trinajstić information content (AvgIpc) is 2.80. The first-order chi connectivity index (χ1) is 15.5. The zero-order valence-electron chi connectivity index (χ0n) is 18.7. The summed E-state index contributed by atoms with van der Waals surface area (Å²) in [5.41, 5.74) is 7.71. The third-order valence-electron chi connectivity index (χ3n) is 4.87. The third kappa shape index (κ3) is 6.87. The highest BCUT2D eigenvalue weighted by atomic mass is 16.5. The number of aryl methyl sites for hydroxylation is 2. The molecular formula is C26H29N3O3. The number of amides is 1. The van der Waals surface area contributed by atoms with Gasteiger partial charge in [0.05, 0.1) is 19.4 Å². The third-order valence-corrected chi connectivity index (χ3v) is 4.87. The maximum atomic E-state index is 12.1. The van der Waals surface area contributed by atoms with Gasteiger partial charge in [-0.25, -0.2) is 5.43 Å². The van der Waals surface area contributed by atoms with E-state index < -0.39 is 0 Å². The molecule has 1 amide bonds. The van der Waals surface area contributed by atoms with Crippen molar-refractivity contribution in [3.63, 3.8) is 0 Å². The zero-order chi connectivity index (χ0) is 22.8. The van der Waals surface area contributed by atoms with Gasteiger partial charge in [-0.05, 0) is 73.4 Å². The second-order valence-electron chi connectivity index (χ2n) is 7.36. The molecule has 166 valence electrons.